The number of hydrogen-bond acceptors (Lipinski definition) is 3. The predicted molar refractivity (Wildman–Crippen MR) is 76.1 cm³/mol. The number of carbonyl (C=O) groups excluding carboxylic acids is 2. The van der Waals surface area contributed by atoms with Crippen LogP contribution in [-0.2, 0) is 14.4 Å². The molecular weight excluding hydrogens is 260 g/mol. The molecule has 0 saturated carbocycles. The Bertz CT molecular complexity index is 340. The molecule has 116 valence electrons. The molecule has 3 N–H and O–H groups in total. The first-order valence-electron chi connectivity index (χ1n) is 7.01. The van der Waals surface area contributed by atoms with Crippen LogP contribution in [0.15, 0.2) is 0 Å². The largest absolute Gasteiger partial charge is 0.480 e. The first kappa shape index (κ1) is 18.4. The van der Waals surface area contributed by atoms with Crippen molar-refractivity contribution in [2.24, 2.45) is 11.8 Å². The highest BCUT2D eigenvalue weighted by Crippen LogP contribution is 2.05. The van der Waals surface area contributed by atoms with Crippen LogP contribution in [0.3, 0.4) is 0 Å². The van der Waals surface area contributed by atoms with Crippen molar-refractivity contribution in [2.45, 2.75) is 53.0 Å². The van der Waals surface area contributed by atoms with E-state index in [1.54, 1.807) is 0 Å². The Morgan fingerprint density at radius 3 is 2.05 bits per heavy atom. The minimum absolute atomic E-state index is 0.0890. The average Bonchev–Trinajstić information content (AvgIpc) is 2.26. The highest BCUT2D eigenvalue weighted by Gasteiger charge is 2.20. The summed E-state index contributed by atoms with van der Waals surface area (Å²) >= 11 is 0. The van der Waals surface area contributed by atoms with Gasteiger partial charge in [0.15, 0.2) is 0 Å². The van der Waals surface area contributed by atoms with Crippen LogP contribution < -0.4 is 10.6 Å². The minimum atomic E-state index is -1.03. The van der Waals surface area contributed by atoms with E-state index in [0.717, 1.165) is 0 Å². The SMILES string of the molecule is CC(C)CC(=O)NCCC(=O)N[C@H](CC(C)C)C(=O)O. The topological polar surface area (TPSA) is 95.5 Å². The van der Waals surface area contributed by atoms with E-state index < -0.39 is 12.0 Å². The van der Waals surface area contributed by atoms with Gasteiger partial charge in [-0.05, 0) is 18.3 Å². The smallest absolute Gasteiger partial charge is 0.326 e. The third kappa shape index (κ3) is 9.35. The number of carbonyl (C=O) groups is 3. The molecule has 0 heterocycles. The van der Waals surface area contributed by atoms with Gasteiger partial charge in [-0.2, -0.15) is 0 Å². The third-order valence-electron chi connectivity index (χ3n) is 2.61. The number of amides is 2. The fraction of sp³-hybridized carbons (Fsp3) is 0.786. The molecule has 2 amide bonds. The molecule has 1 atom stereocenters. The highest BCUT2D eigenvalue weighted by molar-refractivity contribution is 5.84. The van der Waals surface area contributed by atoms with Gasteiger partial charge in [0.1, 0.15) is 6.04 Å². The lowest BCUT2D eigenvalue weighted by Crippen LogP contribution is -2.42. The molecule has 0 aromatic carbocycles. The van der Waals surface area contributed by atoms with E-state index in [2.05, 4.69) is 10.6 Å². The van der Waals surface area contributed by atoms with E-state index in [0.29, 0.717) is 12.8 Å². The Morgan fingerprint density at radius 2 is 1.60 bits per heavy atom. The maximum absolute atomic E-state index is 11.6. The van der Waals surface area contributed by atoms with Gasteiger partial charge in [0.2, 0.25) is 11.8 Å². The van der Waals surface area contributed by atoms with Crippen LogP contribution >= 0.6 is 0 Å². The quantitative estimate of drug-likeness (QED) is 0.592. The van der Waals surface area contributed by atoms with E-state index in [1.165, 1.54) is 0 Å². The van der Waals surface area contributed by atoms with Gasteiger partial charge in [0.05, 0.1) is 0 Å². The second kappa shape index (κ2) is 9.34. The van der Waals surface area contributed by atoms with Gasteiger partial charge in [0.25, 0.3) is 0 Å². The Morgan fingerprint density at radius 1 is 1.00 bits per heavy atom. The number of nitrogens with one attached hydrogen (secondary N) is 2. The van der Waals surface area contributed by atoms with E-state index in [-0.39, 0.29) is 36.6 Å². The molecule has 0 aliphatic carbocycles. The van der Waals surface area contributed by atoms with Crippen molar-refractivity contribution in [1.82, 2.24) is 10.6 Å². The Labute approximate surface area is 120 Å². The average molecular weight is 286 g/mol. The molecule has 0 saturated heterocycles. The normalized spacial score (nSPS) is 12.3. The van der Waals surface area contributed by atoms with Gasteiger partial charge < -0.3 is 15.7 Å². The van der Waals surface area contributed by atoms with Gasteiger partial charge in [-0.1, -0.05) is 27.7 Å². The predicted octanol–water partition coefficient (Wildman–Crippen LogP) is 1.15. The number of hydrogen-bond donors (Lipinski definition) is 3. The molecule has 0 unspecified atom stereocenters. The zero-order valence-electron chi connectivity index (χ0n) is 12.7. The van der Waals surface area contributed by atoms with Crippen molar-refractivity contribution in [1.29, 1.82) is 0 Å². The van der Waals surface area contributed by atoms with Gasteiger partial charge in [-0.25, -0.2) is 4.79 Å². The lowest BCUT2D eigenvalue weighted by molar-refractivity contribution is -0.142. The monoisotopic (exact) mass is 286 g/mol. The van der Waals surface area contributed by atoms with Gasteiger partial charge >= 0.3 is 5.97 Å². The number of carboxylic acids is 1. The van der Waals surface area contributed by atoms with Gasteiger partial charge in [-0.3, -0.25) is 9.59 Å². The minimum Gasteiger partial charge on any atom is -0.480 e. The molecule has 0 aliphatic heterocycles. The van der Waals surface area contributed by atoms with Crippen molar-refractivity contribution in [3.05, 3.63) is 0 Å². The molecule has 0 spiro atoms. The summed E-state index contributed by atoms with van der Waals surface area (Å²) in [7, 11) is 0. The van der Waals surface area contributed by atoms with Crippen LogP contribution in [0.1, 0.15) is 47.0 Å². The zero-order valence-corrected chi connectivity index (χ0v) is 12.7. The Kier molecular flexibility index (Phi) is 8.59. The van der Waals surface area contributed by atoms with Crippen LogP contribution in [0, 0.1) is 11.8 Å². The summed E-state index contributed by atoms with van der Waals surface area (Å²) in [6.07, 6.45) is 0.902. The maximum atomic E-state index is 11.6. The van der Waals surface area contributed by atoms with Crippen molar-refractivity contribution in [3.8, 4) is 0 Å². The second-order valence-corrected chi connectivity index (χ2v) is 5.79. The van der Waals surface area contributed by atoms with Gasteiger partial charge in [-0.15, -0.1) is 0 Å². The van der Waals surface area contributed by atoms with Crippen LogP contribution in [0.25, 0.3) is 0 Å². The third-order valence-corrected chi connectivity index (χ3v) is 2.61. The molecule has 20 heavy (non-hydrogen) atoms. The van der Waals surface area contributed by atoms with Crippen molar-refractivity contribution in [2.75, 3.05) is 6.54 Å². The number of aliphatic carboxylic acids is 1. The lowest BCUT2D eigenvalue weighted by Gasteiger charge is -2.16. The van der Waals surface area contributed by atoms with Crippen molar-refractivity contribution in [3.63, 3.8) is 0 Å². The van der Waals surface area contributed by atoms with E-state index in [1.807, 2.05) is 27.7 Å². The number of rotatable bonds is 9. The van der Waals surface area contributed by atoms with Crippen LogP contribution in [0.2, 0.25) is 0 Å². The first-order valence-corrected chi connectivity index (χ1v) is 7.01. The maximum Gasteiger partial charge on any atom is 0.326 e. The van der Waals surface area contributed by atoms with Crippen molar-refractivity contribution < 1.29 is 19.5 Å². The molecular formula is C14H26N2O4. The van der Waals surface area contributed by atoms with Crippen LogP contribution in [0.5, 0.6) is 0 Å². The Balaban J connectivity index is 4.02. The summed E-state index contributed by atoms with van der Waals surface area (Å²) in [6.45, 7) is 7.90. The molecule has 0 rings (SSSR count). The van der Waals surface area contributed by atoms with E-state index in [4.69, 9.17) is 5.11 Å². The fourth-order valence-electron chi connectivity index (χ4n) is 1.72. The highest BCUT2D eigenvalue weighted by atomic mass is 16.4. The molecule has 0 bridgehead atoms. The van der Waals surface area contributed by atoms with Crippen LogP contribution in [-0.4, -0.2) is 35.5 Å². The number of carboxylic acid groups (broad SMARTS) is 1. The molecule has 0 aliphatic rings. The molecule has 0 radical (unpaired) electrons. The van der Waals surface area contributed by atoms with Crippen molar-refractivity contribution >= 4 is 17.8 Å². The molecule has 0 aromatic heterocycles. The molecule has 6 heteroatoms. The summed E-state index contributed by atoms with van der Waals surface area (Å²) in [4.78, 5) is 34.0. The van der Waals surface area contributed by atoms with E-state index in [9.17, 15) is 14.4 Å². The Hall–Kier alpha value is -1.59. The summed E-state index contributed by atoms with van der Waals surface area (Å²) in [6, 6.07) is -0.867. The standard InChI is InChI=1S/C14H26N2O4/c1-9(2)7-11(14(19)20)16-12(17)5-6-15-13(18)8-10(3)4/h9-11H,5-8H2,1-4H3,(H,15,18)(H,16,17)(H,19,20)/t11-/m1/s1. The second-order valence-electron chi connectivity index (χ2n) is 5.79. The lowest BCUT2D eigenvalue weighted by atomic mass is 10.0. The first-order chi connectivity index (χ1) is 9.22. The molecule has 6 nitrogen and oxygen atoms in total. The summed E-state index contributed by atoms with van der Waals surface area (Å²) in [5.41, 5.74) is 0. The molecule has 0 aromatic rings. The van der Waals surface area contributed by atoms with E-state index >= 15 is 0 Å². The zero-order chi connectivity index (χ0) is 15.7. The summed E-state index contributed by atoms with van der Waals surface area (Å²) in [5.74, 6) is -1.03. The van der Waals surface area contributed by atoms with Gasteiger partial charge in [0, 0.05) is 19.4 Å². The fourth-order valence-corrected chi connectivity index (χ4v) is 1.72. The summed E-state index contributed by atoms with van der Waals surface area (Å²) < 4.78 is 0. The van der Waals surface area contributed by atoms with Crippen LogP contribution in [0.4, 0.5) is 0 Å². The summed E-state index contributed by atoms with van der Waals surface area (Å²) in [5, 5.41) is 14.1. The molecule has 0 fully saturated rings.